The fourth-order valence-corrected chi connectivity index (χ4v) is 3.03. The average molecular weight is 392 g/mol. The number of ether oxygens (including phenoxy) is 3. The predicted molar refractivity (Wildman–Crippen MR) is 110 cm³/mol. The van der Waals surface area contributed by atoms with Gasteiger partial charge in [-0.1, -0.05) is 18.2 Å². The third-order valence-corrected chi connectivity index (χ3v) is 4.36. The van der Waals surface area contributed by atoms with Crippen molar-refractivity contribution in [1.29, 1.82) is 0 Å². The Balaban J connectivity index is 1.68. The van der Waals surface area contributed by atoms with Gasteiger partial charge in [-0.2, -0.15) is 15.0 Å². The van der Waals surface area contributed by atoms with Crippen molar-refractivity contribution < 1.29 is 14.2 Å². The lowest BCUT2D eigenvalue weighted by Crippen LogP contribution is -2.08. The van der Waals surface area contributed by atoms with Gasteiger partial charge in [-0.25, -0.2) is 0 Å². The van der Waals surface area contributed by atoms with E-state index in [1.165, 1.54) is 0 Å². The van der Waals surface area contributed by atoms with Crippen molar-refractivity contribution >= 4 is 11.6 Å². The third-order valence-electron chi connectivity index (χ3n) is 4.36. The van der Waals surface area contributed by atoms with Gasteiger partial charge in [0.25, 0.3) is 0 Å². The van der Waals surface area contributed by atoms with E-state index in [-0.39, 0.29) is 0 Å². The summed E-state index contributed by atoms with van der Waals surface area (Å²) < 4.78 is 17.3. The molecule has 4 rings (SSSR count). The van der Waals surface area contributed by atoms with Crippen molar-refractivity contribution in [3.8, 4) is 17.5 Å². The van der Waals surface area contributed by atoms with Gasteiger partial charge in [-0.05, 0) is 49.6 Å². The molecule has 0 fully saturated rings. The zero-order chi connectivity index (χ0) is 19.9. The molecule has 150 valence electrons. The van der Waals surface area contributed by atoms with Crippen molar-refractivity contribution in [2.75, 3.05) is 25.1 Å². The van der Waals surface area contributed by atoms with Gasteiger partial charge in [-0.15, -0.1) is 0 Å². The fraction of sp³-hybridized carbons (Fsp3) is 0.318. The molecule has 1 N–H and O–H groups in total. The summed E-state index contributed by atoms with van der Waals surface area (Å²) in [6.07, 6.45) is 2.40. The summed E-state index contributed by atoms with van der Waals surface area (Å²) in [6, 6.07) is 16.1. The van der Waals surface area contributed by atoms with Crippen LogP contribution in [0.3, 0.4) is 0 Å². The van der Waals surface area contributed by atoms with Crippen molar-refractivity contribution in [2.24, 2.45) is 0 Å². The summed E-state index contributed by atoms with van der Waals surface area (Å²) >= 11 is 0. The Morgan fingerprint density at radius 2 is 1.69 bits per heavy atom. The van der Waals surface area contributed by atoms with E-state index < -0.39 is 0 Å². The van der Waals surface area contributed by atoms with E-state index in [0.29, 0.717) is 44.0 Å². The molecule has 1 aliphatic rings. The Kier molecular flexibility index (Phi) is 6.04. The van der Waals surface area contributed by atoms with Crippen LogP contribution in [0.4, 0.5) is 11.6 Å². The Morgan fingerprint density at radius 3 is 2.48 bits per heavy atom. The topological polar surface area (TPSA) is 78.4 Å². The number of nitrogens with one attached hydrogen (secondary N) is 1. The minimum absolute atomic E-state index is 0.303. The molecule has 7 heteroatoms. The largest absolute Gasteiger partial charge is 0.494 e. The van der Waals surface area contributed by atoms with Crippen molar-refractivity contribution in [2.45, 2.75) is 26.2 Å². The summed E-state index contributed by atoms with van der Waals surface area (Å²) in [5, 5.41) is 3.24. The molecule has 0 radical (unpaired) electrons. The van der Waals surface area contributed by atoms with E-state index in [1.54, 1.807) is 0 Å². The van der Waals surface area contributed by atoms with E-state index in [9.17, 15) is 0 Å². The smallest absolute Gasteiger partial charge is 0.321 e. The molecule has 2 heterocycles. The second kappa shape index (κ2) is 9.23. The first kappa shape index (κ1) is 19.0. The second-order valence-corrected chi connectivity index (χ2v) is 6.67. The molecule has 2 aromatic carbocycles. The second-order valence-electron chi connectivity index (χ2n) is 6.67. The SMILES string of the molecule is CCOc1nc2nc(n1)Nc1cccc(c1)OCCCCOc1cccc(c1)C2. The van der Waals surface area contributed by atoms with Gasteiger partial charge in [-0.3, -0.25) is 0 Å². The van der Waals surface area contributed by atoms with Crippen LogP contribution < -0.4 is 19.5 Å². The number of hydrogen-bond donors (Lipinski definition) is 1. The zero-order valence-electron chi connectivity index (χ0n) is 16.4. The minimum Gasteiger partial charge on any atom is -0.494 e. The van der Waals surface area contributed by atoms with E-state index in [4.69, 9.17) is 14.2 Å². The number of hydrogen-bond acceptors (Lipinski definition) is 7. The average Bonchev–Trinajstić information content (AvgIpc) is 2.71. The molecule has 6 bridgehead atoms. The Morgan fingerprint density at radius 1 is 0.931 bits per heavy atom. The molecular weight excluding hydrogens is 368 g/mol. The van der Waals surface area contributed by atoms with E-state index >= 15 is 0 Å². The summed E-state index contributed by atoms with van der Waals surface area (Å²) in [5.41, 5.74) is 1.91. The predicted octanol–water partition coefficient (Wildman–Crippen LogP) is 4.16. The standard InChI is InChI=1S/C22H24N4O3/c1-2-27-22-25-20-14-16-7-5-9-18(13-16)28-11-3-4-12-29-19-10-6-8-17(15-19)23-21(24-20)26-22/h5-10,13,15H,2-4,11-12,14H2,1H3,(H,23,24,25,26). The molecule has 1 aromatic heterocycles. The van der Waals surface area contributed by atoms with Gasteiger partial charge in [0, 0.05) is 18.2 Å². The lowest BCUT2D eigenvalue weighted by molar-refractivity contribution is 0.266. The van der Waals surface area contributed by atoms with Gasteiger partial charge < -0.3 is 19.5 Å². The van der Waals surface area contributed by atoms with Crippen molar-refractivity contribution in [1.82, 2.24) is 15.0 Å². The van der Waals surface area contributed by atoms with Crippen LogP contribution in [0.5, 0.6) is 17.5 Å². The van der Waals surface area contributed by atoms with E-state index in [2.05, 4.69) is 20.3 Å². The minimum atomic E-state index is 0.303. The van der Waals surface area contributed by atoms with Crippen LogP contribution in [0.1, 0.15) is 31.2 Å². The number of nitrogens with zero attached hydrogens (tertiary/aromatic N) is 3. The number of anilines is 2. The molecule has 0 unspecified atom stereocenters. The zero-order valence-corrected chi connectivity index (χ0v) is 16.4. The maximum absolute atomic E-state index is 5.89. The molecule has 0 spiro atoms. The quantitative estimate of drug-likeness (QED) is 0.702. The number of aromatic nitrogens is 3. The molecule has 3 aromatic rings. The Hall–Kier alpha value is -3.35. The molecule has 0 saturated heterocycles. The van der Waals surface area contributed by atoms with E-state index in [1.807, 2.05) is 55.5 Å². The molecule has 0 saturated carbocycles. The summed E-state index contributed by atoms with van der Waals surface area (Å²) in [6.45, 7) is 3.67. The normalized spacial score (nSPS) is 14.0. The first-order chi connectivity index (χ1) is 14.3. The first-order valence-corrected chi connectivity index (χ1v) is 9.88. The fourth-order valence-electron chi connectivity index (χ4n) is 3.03. The number of rotatable bonds is 2. The Labute approximate surface area is 170 Å². The van der Waals surface area contributed by atoms with Crippen LogP contribution in [0.2, 0.25) is 0 Å². The molecule has 7 nitrogen and oxygen atoms in total. The lowest BCUT2D eigenvalue weighted by Gasteiger charge is -2.11. The number of benzene rings is 2. The summed E-state index contributed by atoms with van der Waals surface area (Å²) in [7, 11) is 0. The summed E-state index contributed by atoms with van der Waals surface area (Å²) in [5.74, 6) is 2.70. The van der Waals surface area contributed by atoms with Crippen molar-refractivity contribution in [3.63, 3.8) is 0 Å². The van der Waals surface area contributed by atoms with Crippen LogP contribution in [-0.2, 0) is 6.42 Å². The van der Waals surface area contributed by atoms with Crippen LogP contribution >= 0.6 is 0 Å². The van der Waals surface area contributed by atoms with Gasteiger partial charge >= 0.3 is 6.01 Å². The highest BCUT2D eigenvalue weighted by molar-refractivity contribution is 5.56. The third kappa shape index (κ3) is 5.34. The monoisotopic (exact) mass is 392 g/mol. The highest BCUT2D eigenvalue weighted by atomic mass is 16.5. The van der Waals surface area contributed by atoms with Gasteiger partial charge in [0.05, 0.1) is 19.8 Å². The van der Waals surface area contributed by atoms with E-state index in [0.717, 1.165) is 35.6 Å². The van der Waals surface area contributed by atoms with Crippen LogP contribution in [0.15, 0.2) is 48.5 Å². The van der Waals surface area contributed by atoms with Crippen molar-refractivity contribution in [3.05, 3.63) is 59.9 Å². The highest BCUT2D eigenvalue weighted by Gasteiger charge is 2.10. The molecule has 0 amide bonds. The molecule has 29 heavy (non-hydrogen) atoms. The molecule has 1 aliphatic heterocycles. The van der Waals surface area contributed by atoms with Gasteiger partial charge in [0.2, 0.25) is 5.95 Å². The number of fused-ring (bicyclic) bond motifs is 6. The molecule has 0 atom stereocenters. The molecule has 0 aliphatic carbocycles. The maximum Gasteiger partial charge on any atom is 0.321 e. The maximum atomic E-state index is 5.89. The van der Waals surface area contributed by atoms with Crippen LogP contribution in [0.25, 0.3) is 0 Å². The first-order valence-electron chi connectivity index (χ1n) is 9.88. The summed E-state index contributed by atoms with van der Waals surface area (Å²) in [4.78, 5) is 13.4. The van der Waals surface area contributed by atoms with Crippen LogP contribution in [0, 0.1) is 0 Å². The lowest BCUT2D eigenvalue weighted by atomic mass is 10.1. The highest BCUT2D eigenvalue weighted by Crippen LogP contribution is 2.22. The Bertz CT molecular complexity index is 893. The molecular formula is C22H24N4O3. The van der Waals surface area contributed by atoms with Gasteiger partial charge in [0.15, 0.2) is 0 Å². The van der Waals surface area contributed by atoms with Gasteiger partial charge in [0.1, 0.15) is 17.3 Å². The van der Waals surface area contributed by atoms with Crippen LogP contribution in [-0.4, -0.2) is 34.8 Å².